The van der Waals surface area contributed by atoms with Gasteiger partial charge in [-0.3, -0.25) is 9.36 Å². The molecule has 0 heterocycles. The average molecular weight is 530 g/mol. The summed E-state index contributed by atoms with van der Waals surface area (Å²) < 4.78 is 24.9. The molecule has 1 N–H and O–H groups in total. The van der Waals surface area contributed by atoms with Crippen molar-refractivity contribution in [3.05, 3.63) is 124 Å². The minimum Gasteiger partial charge on any atom is -0.314 e. The maximum Gasteiger partial charge on any atom is 0.380 e. The van der Waals surface area contributed by atoms with Crippen LogP contribution in [0, 0.1) is 0 Å². The Morgan fingerprint density at radius 1 is 0.771 bits per heavy atom. The minimum absolute atomic E-state index is 0.0763. The lowest BCUT2D eigenvalue weighted by Crippen LogP contribution is -2.23. The molecule has 0 saturated heterocycles. The molecule has 0 radical (unpaired) electrons. The lowest BCUT2D eigenvalue weighted by Gasteiger charge is -2.22. The minimum atomic E-state index is -4.06. The Kier molecular flexibility index (Phi) is 10.8. The number of benzene rings is 3. The van der Waals surface area contributed by atoms with E-state index in [1.54, 1.807) is 6.08 Å². The number of halogens is 2. The third-order valence-corrected chi connectivity index (χ3v) is 7.48. The van der Waals surface area contributed by atoms with Crippen LogP contribution in [0.1, 0.15) is 16.7 Å². The Morgan fingerprint density at radius 3 is 1.69 bits per heavy atom. The van der Waals surface area contributed by atoms with Crippen molar-refractivity contribution in [2.45, 2.75) is 12.8 Å². The third kappa shape index (κ3) is 9.14. The molecule has 3 aromatic rings. The molecule has 0 fully saturated rings. The normalized spacial score (nSPS) is 11.4. The average Bonchev–Trinajstić information content (AvgIpc) is 2.88. The number of hydrogen-bond donors (Lipinski definition) is 1. The molecule has 5 nitrogen and oxygen atoms in total. The second-order valence-corrected chi connectivity index (χ2v) is 10.4. The molecule has 0 spiro atoms. The van der Waals surface area contributed by atoms with Crippen LogP contribution in [0.15, 0.2) is 107 Å². The van der Waals surface area contributed by atoms with Gasteiger partial charge < -0.3 is 14.4 Å². The highest BCUT2D eigenvalue weighted by molar-refractivity contribution is 7.58. The molecule has 3 rings (SSSR count). The fourth-order valence-electron chi connectivity index (χ4n) is 3.14. The molecule has 0 aliphatic heterocycles. The molecule has 35 heavy (non-hydrogen) atoms. The lowest BCUT2D eigenvalue weighted by molar-refractivity contribution is -0.115. The molecule has 182 valence electrons. The number of hydrogen-bond acceptors (Lipinski definition) is 4. The number of carbonyl (C=O) groups is 1. The van der Waals surface area contributed by atoms with Crippen LogP contribution in [0.5, 0.6) is 0 Å². The van der Waals surface area contributed by atoms with Gasteiger partial charge in [-0.25, -0.2) is 0 Å². The Balaban J connectivity index is 1.73. The molecule has 0 aromatic heterocycles. The monoisotopic (exact) mass is 529 g/mol. The maximum atomic E-state index is 13.8. The second-order valence-electron chi connectivity index (χ2n) is 7.48. The molecule has 0 bridgehead atoms. The Morgan fingerprint density at radius 2 is 1.23 bits per heavy atom. The van der Waals surface area contributed by atoms with Crippen molar-refractivity contribution in [3.63, 3.8) is 0 Å². The smallest absolute Gasteiger partial charge is 0.314 e. The van der Waals surface area contributed by atoms with E-state index in [1.807, 2.05) is 91.0 Å². The Bertz CT molecular complexity index is 1130. The molecular formula is C27H26Cl2NO4P. The summed E-state index contributed by atoms with van der Waals surface area (Å²) in [4.78, 5) is 12.6. The molecule has 3 aromatic carbocycles. The highest BCUT2D eigenvalue weighted by Crippen LogP contribution is 2.57. The van der Waals surface area contributed by atoms with E-state index in [-0.39, 0.29) is 18.7 Å². The highest BCUT2D eigenvalue weighted by Gasteiger charge is 2.34. The standard InChI is InChI=1S/C27H26Cl2NO4P/c28-26(29)27(30-25(31)17-16-22-10-4-1-5-11-22)35(32,33-20-18-23-12-6-2-7-13-23)34-21-19-24-14-8-3-9-15-24/h1-17H,18-21H2,(H,30,31)/b17-16+. The van der Waals surface area contributed by atoms with Gasteiger partial charge in [0.05, 0.1) is 13.2 Å². The van der Waals surface area contributed by atoms with E-state index >= 15 is 0 Å². The third-order valence-electron chi connectivity index (χ3n) is 4.91. The van der Waals surface area contributed by atoms with Crippen molar-refractivity contribution >= 4 is 42.8 Å². The quantitative estimate of drug-likeness (QED) is 0.200. The lowest BCUT2D eigenvalue weighted by atomic mass is 10.2. The van der Waals surface area contributed by atoms with Gasteiger partial charge >= 0.3 is 7.60 Å². The summed E-state index contributed by atoms with van der Waals surface area (Å²) in [5.41, 5.74) is 2.54. The fourth-order valence-corrected chi connectivity index (χ4v) is 5.30. The first-order chi connectivity index (χ1) is 17.0. The van der Waals surface area contributed by atoms with Crippen molar-refractivity contribution < 1.29 is 18.4 Å². The largest absolute Gasteiger partial charge is 0.380 e. The van der Waals surface area contributed by atoms with Crippen LogP contribution in [-0.4, -0.2) is 19.1 Å². The highest BCUT2D eigenvalue weighted by atomic mass is 35.5. The van der Waals surface area contributed by atoms with Gasteiger partial charge in [0, 0.05) is 6.08 Å². The van der Waals surface area contributed by atoms with Crippen LogP contribution in [-0.2, 0) is 31.2 Å². The van der Waals surface area contributed by atoms with Crippen LogP contribution in [0.4, 0.5) is 0 Å². The van der Waals surface area contributed by atoms with E-state index < -0.39 is 18.0 Å². The number of rotatable bonds is 12. The van der Waals surface area contributed by atoms with Gasteiger partial charge in [-0.2, -0.15) is 0 Å². The Labute approximate surface area is 215 Å². The first kappa shape index (κ1) is 26.9. The van der Waals surface area contributed by atoms with E-state index in [4.69, 9.17) is 32.2 Å². The number of nitrogens with one attached hydrogen (secondary N) is 1. The number of amides is 1. The van der Waals surface area contributed by atoms with Crippen molar-refractivity contribution in [2.75, 3.05) is 13.2 Å². The van der Waals surface area contributed by atoms with Crippen molar-refractivity contribution in [2.24, 2.45) is 0 Å². The van der Waals surface area contributed by atoms with Crippen molar-refractivity contribution in [1.82, 2.24) is 5.32 Å². The molecule has 0 unspecified atom stereocenters. The van der Waals surface area contributed by atoms with Gasteiger partial charge in [0.15, 0.2) is 5.44 Å². The van der Waals surface area contributed by atoms with Gasteiger partial charge in [-0.05, 0) is 35.6 Å². The summed E-state index contributed by atoms with van der Waals surface area (Å²) in [5.74, 6) is -0.568. The molecular weight excluding hydrogens is 504 g/mol. The summed E-state index contributed by atoms with van der Waals surface area (Å²) in [6.45, 7) is 0.153. The van der Waals surface area contributed by atoms with Crippen LogP contribution >= 0.6 is 30.8 Å². The van der Waals surface area contributed by atoms with Gasteiger partial charge in [-0.15, -0.1) is 0 Å². The summed E-state index contributed by atoms with van der Waals surface area (Å²) in [7, 11) is -4.06. The second kappa shape index (κ2) is 14.0. The summed E-state index contributed by atoms with van der Waals surface area (Å²) in [5, 5.41) is 2.50. The summed E-state index contributed by atoms with van der Waals surface area (Å²) in [6.07, 6.45) is 3.89. The van der Waals surface area contributed by atoms with Gasteiger partial charge in [-0.1, -0.05) is 114 Å². The topological polar surface area (TPSA) is 64.6 Å². The molecule has 1 amide bonds. The van der Waals surface area contributed by atoms with Crippen LogP contribution in [0.2, 0.25) is 0 Å². The molecule has 8 heteroatoms. The van der Waals surface area contributed by atoms with E-state index in [0.29, 0.717) is 12.8 Å². The fraction of sp³-hybridized carbons (Fsp3) is 0.148. The van der Waals surface area contributed by atoms with E-state index in [9.17, 15) is 9.36 Å². The zero-order chi connectivity index (χ0) is 24.9. The zero-order valence-corrected chi connectivity index (χ0v) is 21.4. The predicted molar refractivity (Wildman–Crippen MR) is 142 cm³/mol. The van der Waals surface area contributed by atoms with Crippen LogP contribution in [0.3, 0.4) is 0 Å². The van der Waals surface area contributed by atoms with Gasteiger partial charge in [0.2, 0.25) is 5.91 Å². The number of carbonyl (C=O) groups excluding carboxylic acids is 1. The van der Waals surface area contributed by atoms with E-state index in [1.165, 1.54) is 6.08 Å². The first-order valence-corrected chi connectivity index (χ1v) is 13.3. The summed E-state index contributed by atoms with van der Waals surface area (Å²) in [6, 6.07) is 28.5. The van der Waals surface area contributed by atoms with Gasteiger partial charge in [0.1, 0.15) is 4.49 Å². The molecule has 0 saturated carbocycles. The molecule has 0 aliphatic carbocycles. The summed E-state index contributed by atoms with van der Waals surface area (Å²) >= 11 is 12.1. The van der Waals surface area contributed by atoms with Gasteiger partial charge in [0.25, 0.3) is 0 Å². The van der Waals surface area contributed by atoms with Crippen molar-refractivity contribution in [3.8, 4) is 0 Å². The maximum absolute atomic E-state index is 13.8. The zero-order valence-electron chi connectivity index (χ0n) is 19.0. The first-order valence-electron chi connectivity index (χ1n) is 11.0. The SMILES string of the molecule is O=C(/C=C/c1ccccc1)NC(=C(Cl)Cl)P(=O)(OCCc1ccccc1)OCCc1ccccc1. The Hall–Kier alpha value is -2.66. The van der Waals surface area contributed by atoms with Crippen molar-refractivity contribution in [1.29, 1.82) is 0 Å². The van der Waals surface area contributed by atoms with Crippen LogP contribution < -0.4 is 5.32 Å². The van der Waals surface area contributed by atoms with E-state index in [2.05, 4.69) is 5.32 Å². The predicted octanol–water partition coefficient (Wildman–Crippen LogP) is 7.13. The molecule has 0 atom stereocenters. The van der Waals surface area contributed by atoms with E-state index in [0.717, 1.165) is 16.7 Å². The molecule has 0 aliphatic rings. The van der Waals surface area contributed by atoms with Crippen LogP contribution in [0.25, 0.3) is 6.08 Å².